The Bertz CT molecular complexity index is 672. The third-order valence-corrected chi connectivity index (χ3v) is 8.43. The van der Waals surface area contributed by atoms with Crippen molar-refractivity contribution >= 4 is 54.9 Å². The highest BCUT2D eigenvalue weighted by atomic mass is 33.1. The lowest BCUT2D eigenvalue weighted by molar-refractivity contribution is -0.121. The highest BCUT2D eigenvalue weighted by Gasteiger charge is 2.05. The number of amides is 1. The van der Waals surface area contributed by atoms with Gasteiger partial charge in [0.1, 0.15) is 15.8 Å². The number of carbonyl (C=O) groups excluding carboxylic acids is 2. The van der Waals surface area contributed by atoms with E-state index in [1.165, 1.54) is 0 Å². The van der Waals surface area contributed by atoms with E-state index in [2.05, 4.69) is 15.3 Å². The molecule has 2 heterocycles. The van der Waals surface area contributed by atoms with Crippen molar-refractivity contribution in [1.82, 2.24) is 15.3 Å². The van der Waals surface area contributed by atoms with E-state index in [0.29, 0.717) is 31.6 Å². The molecule has 0 saturated carbocycles. The molecule has 5 nitrogen and oxygen atoms in total. The van der Waals surface area contributed by atoms with Crippen molar-refractivity contribution in [3.63, 3.8) is 0 Å². The van der Waals surface area contributed by atoms with E-state index >= 15 is 0 Å². The van der Waals surface area contributed by atoms with Gasteiger partial charge in [-0.05, 0) is 58.7 Å². The average Bonchev–Trinajstić information content (AvgIpc) is 2.78. The molecule has 0 bridgehead atoms. The Morgan fingerprint density at radius 2 is 1.40 bits per heavy atom. The number of hydrogen-bond donors (Lipinski definition) is 1. The molecule has 0 aromatic carbocycles. The van der Waals surface area contributed by atoms with Crippen LogP contribution >= 0.6 is 43.2 Å². The Kier molecular flexibility index (Phi) is 13.8. The minimum absolute atomic E-state index is 0.0858. The minimum Gasteiger partial charge on any atom is -0.356 e. The summed E-state index contributed by atoms with van der Waals surface area (Å²) in [6.07, 6.45) is 8.06. The van der Waals surface area contributed by atoms with E-state index in [0.717, 1.165) is 40.8 Å². The Hall–Kier alpha value is -1.16. The molecule has 0 aliphatic rings. The maximum absolute atomic E-state index is 11.9. The van der Waals surface area contributed by atoms with Crippen molar-refractivity contribution < 1.29 is 9.59 Å². The normalized spacial score (nSPS) is 10.7. The summed E-state index contributed by atoms with van der Waals surface area (Å²) in [5.41, 5.74) is 0. The number of unbranched alkanes of at least 4 members (excludes halogenated alkanes) is 2. The monoisotopic (exact) mass is 481 g/mol. The predicted molar refractivity (Wildman–Crippen MR) is 131 cm³/mol. The molecule has 0 aliphatic carbocycles. The van der Waals surface area contributed by atoms with Gasteiger partial charge in [0.2, 0.25) is 5.91 Å². The fraction of sp³-hybridized carbons (Fsp3) is 0.429. The molecule has 0 spiro atoms. The van der Waals surface area contributed by atoms with Gasteiger partial charge in [-0.1, -0.05) is 40.1 Å². The van der Waals surface area contributed by atoms with Crippen LogP contribution in [-0.4, -0.2) is 39.7 Å². The zero-order valence-corrected chi connectivity index (χ0v) is 20.1. The third kappa shape index (κ3) is 12.5. The molecule has 0 atom stereocenters. The van der Waals surface area contributed by atoms with Gasteiger partial charge in [0.05, 0.1) is 0 Å². The lowest BCUT2D eigenvalue weighted by atomic mass is 10.1. The highest BCUT2D eigenvalue weighted by molar-refractivity contribution is 8.77. The molecule has 0 fully saturated rings. The van der Waals surface area contributed by atoms with Crippen LogP contribution in [0.1, 0.15) is 38.5 Å². The molecule has 1 amide bonds. The maximum atomic E-state index is 11.9. The van der Waals surface area contributed by atoms with Crippen LogP contribution in [0, 0.1) is 0 Å². The number of nitrogens with one attached hydrogen (secondary N) is 1. The maximum Gasteiger partial charge on any atom is 0.220 e. The number of nitrogens with zero attached hydrogens (tertiary/aromatic N) is 2. The number of carbonyl (C=O) groups is 2. The molecule has 30 heavy (non-hydrogen) atoms. The van der Waals surface area contributed by atoms with Crippen LogP contribution in [0.15, 0.2) is 58.8 Å². The molecular formula is C21H27N3O2S4. The van der Waals surface area contributed by atoms with Crippen LogP contribution in [0.5, 0.6) is 0 Å². The molecule has 1 N–H and O–H groups in total. The lowest BCUT2D eigenvalue weighted by Crippen LogP contribution is -2.24. The summed E-state index contributed by atoms with van der Waals surface area (Å²) >= 11 is 0. The first-order chi connectivity index (χ1) is 14.7. The third-order valence-electron chi connectivity index (χ3n) is 3.90. The molecule has 0 unspecified atom stereocenters. The molecular weight excluding hydrogens is 455 g/mol. The van der Waals surface area contributed by atoms with Crippen molar-refractivity contribution in [3.8, 4) is 0 Å². The summed E-state index contributed by atoms with van der Waals surface area (Å²) in [5.74, 6) is 1.98. The molecule has 9 heteroatoms. The van der Waals surface area contributed by atoms with Crippen molar-refractivity contribution in [2.45, 2.75) is 48.6 Å². The van der Waals surface area contributed by atoms with Gasteiger partial charge >= 0.3 is 0 Å². The summed E-state index contributed by atoms with van der Waals surface area (Å²) in [7, 11) is 6.52. The van der Waals surface area contributed by atoms with Crippen molar-refractivity contribution in [2.75, 3.05) is 18.1 Å². The van der Waals surface area contributed by atoms with Gasteiger partial charge in [0, 0.05) is 49.7 Å². The van der Waals surface area contributed by atoms with Crippen LogP contribution in [0.25, 0.3) is 0 Å². The lowest BCUT2D eigenvalue weighted by Gasteiger charge is -2.05. The van der Waals surface area contributed by atoms with E-state index in [-0.39, 0.29) is 5.91 Å². The van der Waals surface area contributed by atoms with Gasteiger partial charge in [-0.15, -0.1) is 0 Å². The number of ketones is 1. The van der Waals surface area contributed by atoms with E-state index < -0.39 is 0 Å². The van der Waals surface area contributed by atoms with E-state index in [4.69, 9.17) is 0 Å². The average molecular weight is 482 g/mol. The molecule has 0 aliphatic heterocycles. The van der Waals surface area contributed by atoms with Gasteiger partial charge < -0.3 is 5.32 Å². The van der Waals surface area contributed by atoms with Gasteiger partial charge in [-0.2, -0.15) is 0 Å². The topological polar surface area (TPSA) is 72.0 Å². The second-order valence-electron chi connectivity index (χ2n) is 6.35. The number of Topliss-reactive ketones (excluding diaryl/α,β-unsaturated/α-hetero) is 1. The summed E-state index contributed by atoms with van der Waals surface area (Å²) < 4.78 is 0. The smallest absolute Gasteiger partial charge is 0.220 e. The largest absolute Gasteiger partial charge is 0.356 e. The molecule has 2 aromatic heterocycles. The number of hydrogen-bond acceptors (Lipinski definition) is 8. The predicted octanol–water partition coefficient (Wildman–Crippen LogP) is 5.68. The Morgan fingerprint density at radius 1 is 0.767 bits per heavy atom. The number of rotatable bonds is 16. The molecule has 2 aromatic rings. The molecule has 0 saturated heterocycles. The molecule has 162 valence electrons. The van der Waals surface area contributed by atoms with Crippen LogP contribution < -0.4 is 5.32 Å². The number of pyridine rings is 2. The van der Waals surface area contributed by atoms with Gasteiger partial charge in [-0.3, -0.25) is 9.59 Å². The second kappa shape index (κ2) is 16.5. The summed E-state index contributed by atoms with van der Waals surface area (Å²) in [5, 5.41) is 4.89. The summed E-state index contributed by atoms with van der Waals surface area (Å²) in [6.45, 7) is 0.682. The standard InChI is InChI=1S/C21H27N3O2S4/c25-18(11-16-27-29-20-9-3-6-14-23-20)8-2-1-5-13-22-19(26)12-17-28-30-21-10-4-7-15-24-21/h3-4,6-7,9-10,14-15H,1-2,5,8,11-13,16-17H2,(H,22,26). The zero-order valence-electron chi connectivity index (χ0n) is 16.8. The Balaban J connectivity index is 1.36. The van der Waals surface area contributed by atoms with Crippen LogP contribution in [-0.2, 0) is 9.59 Å². The van der Waals surface area contributed by atoms with Gasteiger partial charge in [0.25, 0.3) is 0 Å². The van der Waals surface area contributed by atoms with Crippen molar-refractivity contribution in [3.05, 3.63) is 48.8 Å². The second-order valence-corrected chi connectivity index (χ2v) is 11.2. The van der Waals surface area contributed by atoms with Crippen LogP contribution in [0.4, 0.5) is 0 Å². The van der Waals surface area contributed by atoms with E-state index in [9.17, 15) is 9.59 Å². The first kappa shape index (κ1) is 25.1. The van der Waals surface area contributed by atoms with Gasteiger partial charge in [0.15, 0.2) is 0 Å². The quantitative estimate of drug-likeness (QED) is 0.242. The first-order valence-corrected chi connectivity index (χ1v) is 14.6. The van der Waals surface area contributed by atoms with E-state index in [1.807, 2.05) is 36.4 Å². The fourth-order valence-electron chi connectivity index (χ4n) is 2.35. The summed E-state index contributed by atoms with van der Waals surface area (Å²) in [6, 6.07) is 11.6. The number of aromatic nitrogens is 2. The molecule has 0 radical (unpaired) electrons. The highest BCUT2D eigenvalue weighted by Crippen LogP contribution is 2.30. The first-order valence-electron chi connectivity index (χ1n) is 9.93. The van der Waals surface area contributed by atoms with Crippen LogP contribution in [0.3, 0.4) is 0 Å². The minimum atomic E-state index is 0.0858. The van der Waals surface area contributed by atoms with Crippen molar-refractivity contribution in [1.29, 1.82) is 0 Å². The fourth-order valence-corrected chi connectivity index (χ4v) is 6.13. The Morgan fingerprint density at radius 3 is 2.00 bits per heavy atom. The van der Waals surface area contributed by atoms with E-state index in [1.54, 1.807) is 55.6 Å². The summed E-state index contributed by atoms with van der Waals surface area (Å²) in [4.78, 5) is 32.2. The van der Waals surface area contributed by atoms with Gasteiger partial charge in [-0.25, -0.2) is 9.97 Å². The zero-order chi connectivity index (χ0) is 21.3. The SMILES string of the molecule is O=C(CCCCCNC(=O)CCSSc1ccccn1)CCSSc1ccccn1. The van der Waals surface area contributed by atoms with Crippen molar-refractivity contribution in [2.24, 2.45) is 0 Å². The Labute approximate surface area is 194 Å². The van der Waals surface area contributed by atoms with Crippen LogP contribution in [0.2, 0.25) is 0 Å². The molecule has 2 rings (SSSR count).